The maximum absolute atomic E-state index is 12.7. The first-order chi connectivity index (χ1) is 10.2. The van der Waals surface area contributed by atoms with Crippen molar-refractivity contribution in [3.05, 3.63) is 16.2 Å². The van der Waals surface area contributed by atoms with Crippen LogP contribution in [0.15, 0.2) is 13.7 Å². The maximum atomic E-state index is 12.7. The summed E-state index contributed by atoms with van der Waals surface area (Å²) in [5, 5.41) is 3.79. The Morgan fingerprint density at radius 2 is 2.14 bits per heavy atom. The first kappa shape index (κ1) is 13.0. The van der Waals surface area contributed by atoms with E-state index in [2.05, 4.69) is 20.1 Å². The molecule has 21 heavy (non-hydrogen) atoms. The van der Waals surface area contributed by atoms with Gasteiger partial charge in [-0.1, -0.05) is 28.3 Å². The van der Waals surface area contributed by atoms with Gasteiger partial charge < -0.3 is 4.52 Å². The molecule has 3 aromatic rings. The molecule has 9 heteroatoms. The number of hydrogen-bond acceptors (Lipinski definition) is 8. The van der Waals surface area contributed by atoms with Crippen LogP contribution in [0.5, 0.6) is 0 Å². The lowest BCUT2D eigenvalue weighted by Gasteiger charge is -2.06. The Bertz CT molecular complexity index is 893. The monoisotopic (exact) mass is 321 g/mol. The third-order valence-corrected chi connectivity index (χ3v) is 5.19. The molecule has 0 saturated heterocycles. The van der Waals surface area contributed by atoms with E-state index in [0.29, 0.717) is 22.0 Å². The Kier molecular flexibility index (Phi) is 2.86. The molecule has 1 saturated carbocycles. The Labute approximate surface area is 127 Å². The summed E-state index contributed by atoms with van der Waals surface area (Å²) in [6, 6.07) is 0.163. The van der Waals surface area contributed by atoms with E-state index in [0.717, 1.165) is 17.2 Å². The number of aromatic nitrogens is 5. The summed E-state index contributed by atoms with van der Waals surface area (Å²) in [6.07, 6.45) is 3.86. The molecule has 0 N–H and O–H groups in total. The minimum absolute atomic E-state index is 0.120. The highest BCUT2D eigenvalue weighted by Crippen LogP contribution is 2.37. The van der Waals surface area contributed by atoms with Crippen molar-refractivity contribution >= 4 is 33.4 Å². The van der Waals surface area contributed by atoms with Gasteiger partial charge in [0.15, 0.2) is 20.5 Å². The number of fused-ring (bicyclic) bond motifs is 1. The van der Waals surface area contributed by atoms with Gasteiger partial charge in [-0.05, 0) is 26.0 Å². The Hall–Kier alpha value is -1.74. The number of thioether (sulfide) groups is 1. The van der Waals surface area contributed by atoms with Crippen LogP contribution in [0.2, 0.25) is 0 Å². The van der Waals surface area contributed by atoms with Gasteiger partial charge in [0.2, 0.25) is 5.82 Å². The quantitative estimate of drug-likeness (QED) is 0.684. The summed E-state index contributed by atoms with van der Waals surface area (Å²) in [5.74, 6) is 1.26. The van der Waals surface area contributed by atoms with E-state index in [9.17, 15) is 4.79 Å². The summed E-state index contributed by atoms with van der Waals surface area (Å²) in [6.45, 7) is 1.74. The summed E-state index contributed by atoms with van der Waals surface area (Å²) >= 11 is 2.91. The van der Waals surface area contributed by atoms with Gasteiger partial charge >= 0.3 is 0 Å². The van der Waals surface area contributed by atoms with E-state index in [1.165, 1.54) is 23.1 Å². The fourth-order valence-electron chi connectivity index (χ4n) is 2.17. The zero-order chi connectivity index (χ0) is 14.6. The normalized spacial score (nSPS) is 15.0. The third-order valence-electron chi connectivity index (χ3n) is 3.25. The number of rotatable bonds is 3. The van der Waals surface area contributed by atoms with E-state index in [-0.39, 0.29) is 17.5 Å². The minimum Gasteiger partial charge on any atom is -0.331 e. The molecule has 0 spiro atoms. The van der Waals surface area contributed by atoms with Crippen molar-refractivity contribution in [2.45, 2.75) is 30.1 Å². The van der Waals surface area contributed by atoms with E-state index >= 15 is 0 Å². The van der Waals surface area contributed by atoms with Crippen molar-refractivity contribution in [2.24, 2.45) is 0 Å². The smallest absolute Gasteiger partial charge is 0.294 e. The number of nitrogens with zero attached hydrogens (tertiary/aromatic N) is 5. The highest BCUT2D eigenvalue weighted by molar-refractivity contribution is 8.00. The van der Waals surface area contributed by atoms with Crippen molar-refractivity contribution in [1.29, 1.82) is 0 Å². The maximum Gasteiger partial charge on any atom is 0.294 e. The van der Waals surface area contributed by atoms with Crippen LogP contribution in [0.1, 0.15) is 24.7 Å². The van der Waals surface area contributed by atoms with Crippen LogP contribution < -0.4 is 5.56 Å². The van der Waals surface area contributed by atoms with Crippen LogP contribution in [0, 0.1) is 6.92 Å². The Morgan fingerprint density at radius 3 is 2.76 bits per heavy atom. The molecule has 0 aromatic carbocycles. The second-order valence-electron chi connectivity index (χ2n) is 4.83. The number of thiazole rings is 1. The molecule has 0 unspecified atom stereocenters. The third kappa shape index (κ3) is 2.07. The van der Waals surface area contributed by atoms with Gasteiger partial charge in [-0.15, -0.1) is 0 Å². The predicted molar refractivity (Wildman–Crippen MR) is 79.8 cm³/mol. The molecule has 4 rings (SSSR count). The van der Waals surface area contributed by atoms with Gasteiger partial charge in [0.1, 0.15) is 0 Å². The second-order valence-corrected chi connectivity index (χ2v) is 6.86. The molecule has 1 fully saturated rings. The van der Waals surface area contributed by atoms with Crippen LogP contribution in [0.3, 0.4) is 0 Å². The zero-order valence-electron chi connectivity index (χ0n) is 11.4. The Morgan fingerprint density at radius 1 is 1.33 bits per heavy atom. The Balaban J connectivity index is 2.04. The molecule has 0 radical (unpaired) electrons. The second kappa shape index (κ2) is 4.63. The average molecular weight is 321 g/mol. The van der Waals surface area contributed by atoms with Crippen LogP contribution in [-0.4, -0.2) is 30.9 Å². The van der Waals surface area contributed by atoms with Crippen LogP contribution in [0.4, 0.5) is 0 Å². The molecular weight excluding hydrogens is 310 g/mol. The molecule has 3 heterocycles. The van der Waals surface area contributed by atoms with Gasteiger partial charge in [-0.3, -0.25) is 9.36 Å². The molecule has 0 amide bonds. The molecule has 1 aliphatic carbocycles. The summed E-state index contributed by atoms with van der Waals surface area (Å²) in [7, 11) is 0. The lowest BCUT2D eigenvalue weighted by atomic mass is 10.4. The number of hydrogen-bond donors (Lipinski definition) is 0. The van der Waals surface area contributed by atoms with Gasteiger partial charge in [-0.25, -0.2) is 9.97 Å². The lowest BCUT2D eigenvalue weighted by Crippen LogP contribution is -2.22. The van der Waals surface area contributed by atoms with Crippen molar-refractivity contribution in [3.63, 3.8) is 0 Å². The average Bonchev–Trinajstić information content (AvgIpc) is 3.06. The molecule has 1 aliphatic rings. The van der Waals surface area contributed by atoms with Crippen LogP contribution >= 0.6 is 23.1 Å². The summed E-state index contributed by atoms with van der Waals surface area (Å²) < 4.78 is 7.68. The zero-order valence-corrected chi connectivity index (χ0v) is 13.0. The molecule has 0 bridgehead atoms. The molecule has 0 atom stereocenters. The topological polar surface area (TPSA) is 86.7 Å². The highest BCUT2D eigenvalue weighted by Gasteiger charge is 2.31. The highest BCUT2D eigenvalue weighted by atomic mass is 32.2. The van der Waals surface area contributed by atoms with Crippen molar-refractivity contribution in [2.75, 3.05) is 6.26 Å². The largest absolute Gasteiger partial charge is 0.331 e. The summed E-state index contributed by atoms with van der Waals surface area (Å²) in [5.41, 5.74) is 0.307. The van der Waals surface area contributed by atoms with E-state index in [1.54, 1.807) is 11.5 Å². The number of aryl methyl sites for hydroxylation is 1. The predicted octanol–water partition coefficient (Wildman–Crippen LogP) is 2.27. The first-order valence-electron chi connectivity index (χ1n) is 6.45. The van der Waals surface area contributed by atoms with Gasteiger partial charge in [0.25, 0.3) is 11.4 Å². The van der Waals surface area contributed by atoms with Crippen LogP contribution in [-0.2, 0) is 0 Å². The van der Waals surface area contributed by atoms with Crippen molar-refractivity contribution < 1.29 is 4.52 Å². The molecular formula is C12H11N5O2S2. The molecule has 0 aliphatic heterocycles. The molecule has 7 nitrogen and oxygen atoms in total. The fourth-order valence-corrected chi connectivity index (χ4v) is 3.58. The lowest BCUT2D eigenvalue weighted by molar-refractivity contribution is 0.419. The van der Waals surface area contributed by atoms with Crippen LogP contribution in [0.25, 0.3) is 22.1 Å². The fraction of sp³-hybridized carbons (Fsp3) is 0.417. The van der Waals surface area contributed by atoms with Gasteiger partial charge in [0.05, 0.1) is 0 Å². The van der Waals surface area contributed by atoms with Gasteiger partial charge in [0, 0.05) is 6.04 Å². The van der Waals surface area contributed by atoms with E-state index < -0.39 is 0 Å². The molecule has 3 aromatic heterocycles. The minimum atomic E-state index is -0.120. The molecule has 108 valence electrons. The van der Waals surface area contributed by atoms with E-state index in [1.807, 2.05) is 6.26 Å². The van der Waals surface area contributed by atoms with Crippen molar-refractivity contribution in [3.8, 4) is 11.7 Å². The summed E-state index contributed by atoms with van der Waals surface area (Å²) in [4.78, 5) is 26.5. The SMILES string of the molecule is CSc1nc2c(=O)n(C3CC3)c(-c3nc(C)no3)nc2s1. The van der Waals surface area contributed by atoms with Gasteiger partial charge in [-0.2, -0.15) is 4.98 Å². The van der Waals surface area contributed by atoms with Crippen molar-refractivity contribution in [1.82, 2.24) is 24.7 Å². The van der Waals surface area contributed by atoms with E-state index in [4.69, 9.17) is 4.52 Å². The first-order valence-corrected chi connectivity index (χ1v) is 8.49. The standard InChI is InChI=1S/C12H11N5O2S2/c1-5-13-9(19-16-5)8-15-10-7(14-12(20-2)21-10)11(18)17(8)6-3-4-6/h6H,3-4H2,1-2H3.